The third-order valence-corrected chi connectivity index (χ3v) is 3.76. The summed E-state index contributed by atoms with van der Waals surface area (Å²) in [5.74, 6) is -0.859. The van der Waals surface area contributed by atoms with E-state index in [1.54, 1.807) is 6.20 Å². The van der Waals surface area contributed by atoms with E-state index in [9.17, 15) is 4.79 Å². The van der Waals surface area contributed by atoms with Crippen LogP contribution in [-0.2, 0) is 11.2 Å². The minimum Gasteiger partial charge on any atom is -0.481 e. The van der Waals surface area contributed by atoms with Crippen molar-refractivity contribution in [1.82, 2.24) is 9.55 Å². The maximum atomic E-state index is 10.7. The van der Waals surface area contributed by atoms with Crippen LogP contribution in [0.5, 0.6) is 0 Å². The van der Waals surface area contributed by atoms with Crippen LogP contribution in [0.4, 0.5) is 0 Å². The summed E-state index contributed by atoms with van der Waals surface area (Å²) in [6.07, 6.45) is 2.60. The van der Waals surface area contributed by atoms with Crippen molar-refractivity contribution in [2.24, 2.45) is 0 Å². The Bertz CT molecular complexity index is 581. The Morgan fingerprint density at radius 1 is 1.42 bits per heavy atom. The molecular formula is C13H13ClN2O2S. The molecule has 0 spiro atoms. The topological polar surface area (TPSA) is 55.1 Å². The van der Waals surface area contributed by atoms with Gasteiger partial charge >= 0.3 is 5.97 Å². The first-order valence-corrected chi connectivity index (χ1v) is 7.15. The average Bonchev–Trinajstić information content (AvgIpc) is 2.80. The number of hydrogen-bond donors (Lipinski definition) is 1. The molecule has 0 aliphatic heterocycles. The standard InChI is InChI=1S/C13H13ClN2O2S/c1-2-10-7-15-13(19-8-12(17)18)16(10)11-5-3-9(14)4-6-11/h3-7H,2,8H2,1H3,(H,17,18). The Kier molecular flexibility index (Phi) is 4.50. The Hall–Kier alpha value is -1.46. The second-order valence-corrected chi connectivity index (χ2v) is 5.26. The fourth-order valence-electron chi connectivity index (χ4n) is 1.71. The first kappa shape index (κ1) is 14.0. The summed E-state index contributed by atoms with van der Waals surface area (Å²) in [7, 11) is 0. The van der Waals surface area contributed by atoms with E-state index < -0.39 is 5.97 Å². The van der Waals surface area contributed by atoms with E-state index in [-0.39, 0.29) is 5.75 Å². The second-order valence-electron chi connectivity index (χ2n) is 3.88. The van der Waals surface area contributed by atoms with Gasteiger partial charge in [0.15, 0.2) is 5.16 Å². The molecule has 0 atom stereocenters. The number of thioether (sulfide) groups is 1. The average molecular weight is 297 g/mol. The minimum atomic E-state index is -0.853. The van der Waals surface area contributed by atoms with Crippen molar-refractivity contribution < 1.29 is 9.90 Å². The molecular weight excluding hydrogens is 284 g/mol. The lowest BCUT2D eigenvalue weighted by molar-refractivity contribution is -0.133. The van der Waals surface area contributed by atoms with Crippen LogP contribution in [0.3, 0.4) is 0 Å². The van der Waals surface area contributed by atoms with Gasteiger partial charge in [0.25, 0.3) is 0 Å². The predicted octanol–water partition coefficient (Wildman–Crippen LogP) is 3.26. The van der Waals surface area contributed by atoms with Crippen LogP contribution in [-0.4, -0.2) is 26.4 Å². The van der Waals surface area contributed by atoms with E-state index in [0.717, 1.165) is 17.8 Å². The molecule has 1 aromatic carbocycles. The number of rotatable bonds is 5. The number of imidazole rings is 1. The van der Waals surface area contributed by atoms with Crippen LogP contribution >= 0.6 is 23.4 Å². The number of hydrogen-bond acceptors (Lipinski definition) is 3. The number of carboxylic acid groups (broad SMARTS) is 1. The largest absolute Gasteiger partial charge is 0.481 e. The second kappa shape index (κ2) is 6.12. The summed E-state index contributed by atoms with van der Waals surface area (Å²) in [6.45, 7) is 2.04. The molecule has 1 N–H and O–H groups in total. The van der Waals surface area contributed by atoms with Gasteiger partial charge < -0.3 is 5.11 Å². The van der Waals surface area contributed by atoms with Gasteiger partial charge in [0.1, 0.15) is 0 Å². The van der Waals surface area contributed by atoms with Gasteiger partial charge in [-0.05, 0) is 30.7 Å². The lowest BCUT2D eigenvalue weighted by atomic mass is 10.3. The molecule has 0 saturated carbocycles. The lowest BCUT2D eigenvalue weighted by Gasteiger charge is -2.10. The summed E-state index contributed by atoms with van der Waals surface area (Å²) in [6, 6.07) is 7.41. The Morgan fingerprint density at radius 3 is 2.68 bits per heavy atom. The number of nitrogens with zero attached hydrogens (tertiary/aromatic N) is 2. The van der Waals surface area contributed by atoms with Crippen molar-refractivity contribution in [3.8, 4) is 5.69 Å². The van der Waals surface area contributed by atoms with Gasteiger partial charge in [0.2, 0.25) is 0 Å². The molecule has 1 aromatic heterocycles. The minimum absolute atomic E-state index is 0.00619. The van der Waals surface area contributed by atoms with Crippen LogP contribution in [0, 0.1) is 0 Å². The van der Waals surface area contributed by atoms with E-state index in [4.69, 9.17) is 16.7 Å². The molecule has 19 heavy (non-hydrogen) atoms. The number of benzene rings is 1. The normalized spacial score (nSPS) is 10.6. The number of aryl methyl sites for hydroxylation is 1. The van der Waals surface area contributed by atoms with E-state index in [1.807, 2.05) is 35.8 Å². The highest BCUT2D eigenvalue weighted by Gasteiger charge is 2.12. The molecule has 0 fully saturated rings. The zero-order chi connectivity index (χ0) is 13.8. The van der Waals surface area contributed by atoms with E-state index in [1.165, 1.54) is 11.8 Å². The monoisotopic (exact) mass is 296 g/mol. The zero-order valence-corrected chi connectivity index (χ0v) is 11.9. The molecule has 2 rings (SSSR count). The summed E-state index contributed by atoms with van der Waals surface area (Å²) in [5.41, 5.74) is 1.97. The molecule has 4 nitrogen and oxygen atoms in total. The van der Waals surface area contributed by atoms with Crippen molar-refractivity contribution >= 4 is 29.3 Å². The summed E-state index contributed by atoms with van der Waals surface area (Å²) in [5, 5.41) is 10.1. The first-order chi connectivity index (χ1) is 9.11. The lowest BCUT2D eigenvalue weighted by Crippen LogP contribution is -2.04. The summed E-state index contributed by atoms with van der Waals surface area (Å²) < 4.78 is 1.96. The van der Waals surface area contributed by atoms with Crippen molar-refractivity contribution in [2.45, 2.75) is 18.5 Å². The van der Waals surface area contributed by atoms with Crippen LogP contribution < -0.4 is 0 Å². The molecule has 100 valence electrons. The van der Waals surface area contributed by atoms with Crippen LogP contribution in [0.1, 0.15) is 12.6 Å². The molecule has 1 heterocycles. The van der Waals surface area contributed by atoms with Gasteiger partial charge in [-0.15, -0.1) is 0 Å². The van der Waals surface area contributed by atoms with Gasteiger partial charge in [0, 0.05) is 22.6 Å². The Morgan fingerprint density at radius 2 is 2.11 bits per heavy atom. The van der Waals surface area contributed by atoms with Crippen molar-refractivity contribution in [1.29, 1.82) is 0 Å². The quantitative estimate of drug-likeness (QED) is 0.861. The Labute approximate surface area is 120 Å². The van der Waals surface area contributed by atoms with Crippen molar-refractivity contribution in [2.75, 3.05) is 5.75 Å². The fraction of sp³-hybridized carbons (Fsp3) is 0.231. The zero-order valence-electron chi connectivity index (χ0n) is 10.3. The van der Waals surface area contributed by atoms with Crippen LogP contribution in [0.2, 0.25) is 5.02 Å². The van der Waals surface area contributed by atoms with Gasteiger partial charge in [0.05, 0.1) is 5.75 Å². The molecule has 6 heteroatoms. The molecule has 0 unspecified atom stereocenters. The third-order valence-electron chi connectivity index (χ3n) is 2.57. The molecule has 0 saturated heterocycles. The van der Waals surface area contributed by atoms with Gasteiger partial charge in [-0.2, -0.15) is 0 Å². The highest BCUT2D eigenvalue weighted by atomic mass is 35.5. The van der Waals surface area contributed by atoms with E-state index in [0.29, 0.717) is 10.2 Å². The highest BCUT2D eigenvalue weighted by Crippen LogP contribution is 2.24. The molecule has 2 aromatic rings. The fourth-order valence-corrected chi connectivity index (χ4v) is 2.57. The highest BCUT2D eigenvalue weighted by molar-refractivity contribution is 7.99. The molecule has 0 radical (unpaired) electrons. The van der Waals surface area contributed by atoms with Crippen molar-refractivity contribution in [3.63, 3.8) is 0 Å². The molecule has 0 amide bonds. The molecule has 0 aliphatic rings. The SMILES string of the molecule is CCc1cnc(SCC(=O)O)n1-c1ccc(Cl)cc1. The number of halogens is 1. The van der Waals surface area contributed by atoms with Gasteiger partial charge in [-0.1, -0.05) is 30.3 Å². The van der Waals surface area contributed by atoms with Crippen LogP contribution in [0.25, 0.3) is 5.69 Å². The first-order valence-electron chi connectivity index (χ1n) is 5.79. The number of carbonyl (C=O) groups is 1. The van der Waals surface area contributed by atoms with Gasteiger partial charge in [-0.3, -0.25) is 9.36 Å². The van der Waals surface area contributed by atoms with Crippen LogP contribution in [0.15, 0.2) is 35.6 Å². The third kappa shape index (κ3) is 3.30. The summed E-state index contributed by atoms with van der Waals surface area (Å²) in [4.78, 5) is 15.0. The molecule has 0 bridgehead atoms. The maximum absolute atomic E-state index is 10.7. The van der Waals surface area contributed by atoms with Gasteiger partial charge in [-0.25, -0.2) is 4.98 Å². The maximum Gasteiger partial charge on any atom is 0.313 e. The number of aliphatic carboxylic acids is 1. The van der Waals surface area contributed by atoms with E-state index >= 15 is 0 Å². The molecule has 0 aliphatic carbocycles. The smallest absolute Gasteiger partial charge is 0.313 e. The van der Waals surface area contributed by atoms with E-state index in [2.05, 4.69) is 4.98 Å². The number of carboxylic acids is 1. The number of aromatic nitrogens is 2. The summed E-state index contributed by atoms with van der Waals surface area (Å²) >= 11 is 7.09. The Balaban J connectivity index is 2.38. The van der Waals surface area contributed by atoms with Crippen molar-refractivity contribution in [3.05, 3.63) is 41.2 Å². The predicted molar refractivity (Wildman–Crippen MR) is 76.3 cm³/mol.